The Bertz CT molecular complexity index is 564. The van der Waals surface area contributed by atoms with Crippen molar-refractivity contribution in [3.05, 3.63) is 30.0 Å². The summed E-state index contributed by atoms with van der Waals surface area (Å²) in [7, 11) is 1.31. The first-order valence-corrected chi connectivity index (χ1v) is 7.19. The molecule has 1 heterocycles. The molecule has 1 aromatic heterocycles. The molecule has 4 nitrogen and oxygen atoms in total. The second kappa shape index (κ2) is 5.41. The molecular formula is C12H12N2O2S2. The van der Waals surface area contributed by atoms with Crippen molar-refractivity contribution in [2.75, 3.05) is 19.1 Å². The van der Waals surface area contributed by atoms with Crippen molar-refractivity contribution in [1.29, 1.82) is 0 Å². The molecule has 0 fully saturated rings. The molecule has 0 aliphatic rings. The maximum absolute atomic E-state index is 11.4. The summed E-state index contributed by atoms with van der Waals surface area (Å²) < 4.78 is 4.62. The van der Waals surface area contributed by atoms with E-state index in [-0.39, 0.29) is 5.69 Å². The summed E-state index contributed by atoms with van der Waals surface area (Å²) in [6.07, 6.45) is 2.02. The average molecular weight is 280 g/mol. The zero-order chi connectivity index (χ0) is 13.1. The van der Waals surface area contributed by atoms with E-state index in [0.717, 1.165) is 10.6 Å². The van der Waals surface area contributed by atoms with Gasteiger partial charge in [-0.25, -0.2) is 9.78 Å². The van der Waals surface area contributed by atoms with Crippen molar-refractivity contribution in [2.45, 2.75) is 4.90 Å². The number of esters is 1. The molecule has 0 unspecified atom stereocenters. The Morgan fingerprint density at radius 3 is 2.61 bits per heavy atom. The van der Waals surface area contributed by atoms with E-state index in [4.69, 9.17) is 5.73 Å². The van der Waals surface area contributed by atoms with Crippen molar-refractivity contribution in [2.24, 2.45) is 0 Å². The van der Waals surface area contributed by atoms with Gasteiger partial charge in [-0.15, -0.1) is 11.8 Å². The SMILES string of the molecule is COC(=O)c1nc(-c2ccc(SC)cc2)sc1N. The van der Waals surface area contributed by atoms with Gasteiger partial charge in [-0.2, -0.15) is 0 Å². The van der Waals surface area contributed by atoms with Crippen molar-refractivity contribution < 1.29 is 9.53 Å². The summed E-state index contributed by atoms with van der Waals surface area (Å²) in [6.45, 7) is 0. The van der Waals surface area contributed by atoms with Crippen LogP contribution >= 0.6 is 23.1 Å². The molecule has 1 aromatic carbocycles. The zero-order valence-electron chi connectivity index (χ0n) is 9.97. The Morgan fingerprint density at radius 2 is 2.06 bits per heavy atom. The van der Waals surface area contributed by atoms with E-state index >= 15 is 0 Å². The number of carbonyl (C=O) groups excluding carboxylic acids is 1. The number of benzene rings is 1. The van der Waals surface area contributed by atoms with Gasteiger partial charge in [0.05, 0.1) is 7.11 Å². The van der Waals surface area contributed by atoms with Crippen LogP contribution in [0.2, 0.25) is 0 Å². The van der Waals surface area contributed by atoms with Gasteiger partial charge in [0.25, 0.3) is 0 Å². The second-order valence-corrected chi connectivity index (χ2v) is 5.36. The Labute approximate surface area is 113 Å². The highest BCUT2D eigenvalue weighted by atomic mass is 32.2. The average Bonchev–Trinajstić information content (AvgIpc) is 2.80. The van der Waals surface area contributed by atoms with E-state index < -0.39 is 5.97 Å². The summed E-state index contributed by atoms with van der Waals surface area (Å²) in [5.41, 5.74) is 6.89. The van der Waals surface area contributed by atoms with E-state index in [1.54, 1.807) is 11.8 Å². The quantitative estimate of drug-likeness (QED) is 0.691. The maximum Gasteiger partial charge on any atom is 0.359 e. The largest absolute Gasteiger partial charge is 0.464 e. The summed E-state index contributed by atoms with van der Waals surface area (Å²) in [6, 6.07) is 7.95. The van der Waals surface area contributed by atoms with Crippen LogP contribution in [0.3, 0.4) is 0 Å². The van der Waals surface area contributed by atoms with Crippen molar-refractivity contribution in [1.82, 2.24) is 4.98 Å². The van der Waals surface area contributed by atoms with Crippen LogP contribution in [0.1, 0.15) is 10.5 Å². The first kappa shape index (κ1) is 12.9. The summed E-state index contributed by atoms with van der Waals surface area (Å²) in [5.74, 6) is -0.504. The fraction of sp³-hybridized carbons (Fsp3) is 0.167. The lowest BCUT2D eigenvalue weighted by Gasteiger charge is -1.98. The molecule has 0 amide bonds. The topological polar surface area (TPSA) is 65.2 Å². The first-order valence-electron chi connectivity index (χ1n) is 5.14. The number of anilines is 1. The highest BCUT2D eigenvalue weighted by Gasteiger charge is 2.17. The van der Waals surface area contributed by atoms with Crippen LogP contribution in [0.5, 0.6) is 0 Å². The third kappa shape index (κ3) is 2.49. The van der Waals surface area contributed by atoms with E-state index in [1.807, 2.05) is 30.5 Å². The summed E-state index contributed by atoms with van der Waals surface area (Å²) in [4.78, 5) is 16.8. The number of hydrogen-bond acceptors (Lipinski definition) is 6. The Balaban J connectivity index is 2.36. The molecule has 0 spiro atoms. The fourth-order valence-corrected chi connectivity index (χ4v) is 2.67. The number of hydrogen-bond donors (Lipinski definition) is 1. The van der Waals surface area contributed by atoms with Crippen molar-refractivity contribution in [3.63, 3.8) is 0 Å². The summed E-state index contributed by atoms with van der Waals surface area (Å²) >= 11 is 2.96. The molecule has 2 rings (SSSR count). The monoisotopic (exact) mass is 280 g/mol. The van der Waals surface area contributed by atoms with E-state index in [2.05, 4.69) is 9.72 Å². The van der Waals surface area contributed by atoms with E-state index in [9.17, 15) is 4.79 Å². The molecule has 2 aromatic rings. The smallest absolute Gasteiger partial charge is 0.359 e. The predicted octanol–water partition coefficient (Wildman–Crippen LogP) is 2.90. The van der Waals surface area contributed by atoms with Crippen LogP contribution in [-0.2, 0) is 4.74 Å². The van der Waals surface area contributed by atoms with E-state index in [0.29, 0.717) is 5.00 Å². The second-order valence-electron chi connectivity index (χ2n) is 3.45. The van der Waals surface area contributed by atoms with Crippen LogP contribution in [0.4, 0.5) is 5.00 Å². The van der Waals surface area contributed by atoms with Gasteiger partial charge in [0.1, 0.15) is 10.0 Å². The van der Waals surface area contributed by atoms with Crippen LogP contribution in [0.15, 0.2) is 29.2 Å². The lowest BCUT2D eigenvalue weighted by atomic mass is 10.2. The number of ether oxygens (including phenoxy) is 1. The highest BCUT2D eigenvalue weighted by molar-refractivity contribution is 7.98. The number of carbonyl (C=O) groups is 1. The molecule has 94 valence electrons. The number of rotatable bonds is 3. The molecule has 0 bridgehead atoms. The minimum absolute atomic E-state index is 0.187. The van der Waals surface area contributed by atoms with Gasteiger partial charge in [0.2, 0.25) is 0 Å². The molecule has 2 N–H and O–H groups in total. The van der Waals surface area contributed by atoms with Gasteiger partial charge in [0, 0.05) is 10.5 Å². The number of aromatic nitrogens is 1. The molecule has 0 radical (unpaired) electrons. The molecular weight excluding hydrogens is 268 g/mol. The minimum atomic E-state index is -0.504. The third-order valence-electron chi connectivity index (χ3n) is 2.37. The number of methoxy groups -OCH3 is 1. The molecule has 0 aliphatic carbocycles. The first-order chi connectivity index (χ1) is 8.65. The lowest BCUT2D eigenvalue weighted by Crippen LogP contribution is -2.04. The Morgan fingerprint density at radius 1 is 1.39 bits per heavy atom. The van der Waals surface area contributed by atoms with Gasteiger partial charge in [0.15, 0.2) is 5.69 Å². The van der Waals surface area contributed by atoms with E-state index in [1.165, 1.54) is 23.3 Å². The minimum Gasteiger partial charge on any atom is -0.464 e. The molecule has 18 heavy (non-hydrogen) atoms. The number of nitrogen functional groups attached to an aromatic ring is 1. The van der Waals surface area contributed by atoms with Crippen LogP contribution in [-0.4, -0.2) is 24.3 Å². The van der Waals surface area contributed by atoms with Gasteiger partial charge in [-0.3, -0.25) is 0 Å². The van der Waals surface area contributed by atoms with Gasteiger partial charge in [-0.05, 0) is 18.4 Å². The van der Waals surface area contributed by atoms with Gasteiger partial charge >= 0.3 is 5.97 Å². The molecule has 0 saturated heterocycles. The highest BCUT2D eigenvalue weighted by Crippen LogP contribution is 2.31. The number of nitrogens with two attached hydrogens (primary N) is 1. The number of nitrogens with zero attached hydrogens (tertiary/aromatic N) is 1. The van der Waals surface area contributed by atoms with Crippen LogP contribution in [0, 0.1) is 0 Å². The lowest BCUT2D eigenvalue weighted by molar-refractivity contribution is 0.0596. The van der Waals surface area contributed by atoms with Crippen molar-refractivity contribution >= 4 is 34.1 Å². The van der Waals surface area contributed by atoms with Gasteiger partial charge in [-0.1, -0.05) is 23.5 Å². The fourth-order valence-electron chi connectivity index (χ4n) is 1.43. The number of thiazole rings is 1. The Hall–Kier alpha value is -1.53. The maximum atomic E-state index is 11.4. The third-order valence-corrected chi connectivity index (χ3v) is 4.05. The number of thioether (sulfide) groups is 1. The van der Waals surface area contributed by atoms with Crippen LogP contribution in [0.25, 0.3) is 10.6 Å². The van der Waals surface area contributed by atoms with Gasteiger partial charge < -0.3 is 10.5 Å². The van der Waals surface area contributed by atoms with Crippen LogP contribution < -0.4 is 5.73 Å². The zero-order valence-corrected chi connectivity index (χ0v) is 11.6. The summed E-state index contributed by atoms with van der Waals surface area (Å²) in [5, 5.41) is 1.10. The molecule has 0 atom stereocenters. The standard InChI is InChI=1S/C12H12N2O2S2/c1-16-12(15)9-10(13)18-11(14-9)7-3-5-8(17-2)6-4-7/h3-6H,13H2,1-2H3. The normalized spacial score (nSPS) is 10.3. The van der Waals surface area contributed by atoms with Crippen molar-refractivity contribution in [3.8, 4) is 10.6 Å². The molecule has 0 saturated carbocycles. The molecule has 6 heteroatoms. The Kier molecular flexibility index (Phi) is 3.88. The predicted molar refractivity (Wildman–Crippen MR) is 75.1 cm³/mol. The molecule has 0 aliphatic heterocycles.